The molecule has 0 aliphatic carbocycles. The van der Waals surface area contributed by atoms with Gasteiger partial charge in [0.25, 0.3) is 0 Å². The third kappa shape index (κ3) is 1.99. The van der Waals surface area contributed by atoms with E-state index in [1.165, 1.54) is 4.90 Å². The van der Waals surface area contributed by atoms with E-state index in [4.69, 9.17) is 0 Å². The van der Waals surface area contributed by atoms with Crippen LogP contribution in [-0.2, 0) is 9.59 Å². The molecule has 0 aromatic rings. The smallest absolute Gasteiger partial charge is 0.245 e. The van der Waals surface area contributed by atoms with Gasteiger partial charge in [-0.1, -0.05) is 20.3 Å². The molecule has 0 aromatic heterocycles. The molecule has 1 fully saturated rings. The summed E-state index contributed by atoms with van der Waals surface area (Å²) < 4.78 is 0. The number of nitrogens with zero attached hydrogens (tertiary/aromatic N) is 1. The third-order valence-corrected chi connectivity index (χ3v) is 2.55. The van der Waals surface area contributed by atoms with Crippen LogP contribution in [-0.4, -0.2) is 36.3 Å². The molecule has 1 aliphatic rings. The fraction of sp³-hybridized carbons (Fsp3) is 0.778. The van der Waals surface area contributed by atoms with Gasteiger partial charge in [-0.2, -0.15) is 0 Å². The maximum absolute atomic E-state index is 11.6. The normalized spacial score (nSPS) is 25.8. The molecule has 74 valence electrons. The highest BCUT2D eigenvalue weighted by Crippen LogP contribution is 2.12. The second-order valence-corrected chi connectivity index (χ2v) is 3.63. The van der Waals surface area contributed by atoms with E-state index in [0.717, 1.165) is 6.42 Å². The van der Waals surface area contributed by atoms with Gasteiger partial charge in [0, 0.05) is 7.05 Å². The lowest BCUT2D eigenvalue weighted by molar-refractivity contribution is -0.144. The summed E-state index contributed by atoms with van der Waals surface area (Å²) in [5, 5.41) is 2.72. The van der Waals surface area contributed by atoms with E-state index in [2.05, 4.69) is 5.32 Å². The van der Waals surface area contributed by atoms with Crippen LogP contribution >= 0.6 is 0 Å². The molecule has 2 amide bonds. The highest BCUT2D eigenvalue weighted by Gasteiger charge is 2.33. The molecule has 1 saturated heterocycles. The number of amides is 2. The number of rotatable bonds is 2. The summed E-state index contributed by atoms with van der Waals surface area (Å²) in [5.74, 6) is 0.167. The van der Waals surface area contributed by atoms with Gasteiger partial charge in [0.2, 0.25) is 11.8 Å². The van der Waals surface area contributed by atoms with Crippen LogP contribution in [0.25, 0.3) is 0 Å². The summed E-state index contributed by atoms with van der Waals surface area (Å²) in [4.78, 5) is 24.2. The van der Waals surface area contributed by atoms with Crippen LogP contribution < -0.4 is 5.32 Å². The molecule has 0 bridgehead atoms. The maximum Gasteiger partial charge on any atom is 0.245 e. The van der Waals surface area contributed by atoms with Crippen molar-refractivity contribution < 1.29 is 9.59 Å². The third-order valence-electron chi connectivity index (χ3n) is 2.55. The van der Waals surface area contributed by atoms with Gasteiger partial charge in [-0.15, -0.1) is 0 Å². The van der Waals surface area contributed by atoms with Gasteiger partial charge in [0.1, 0.15) is 6.04 Å². The highest BCUT2D eigenvalue weighted by atomic mass is 16.2. The van der Waals surface area contributed by atoms with Gasteiger partial charge in [-0.05, 0) is 5.92 Å². The monoisotopic (exact) mass is 184 g/mol. The average molecular weight is 184 g/mol. The van der Waals surface area contributed by atoms with Crippen LogP contribution in [0.4, 0.5) is 0 Å². The van der Waals surface area contributed by atoms with Crippen molar-refractivity contribution >= 4 is 11.8 Å². The lowest BCUT2D eigenvalue weighted by Gasteiger charge is -2.32. The fourth-order valence-electron chi connectivity index (χ4n) is 1.43. The lowest BCUT2D eigenvalue weighted by Crippen LogP contribution is -2.58. The molecule has 13 heavy (non-hydrogen) atoms. The Morgan fingerprint density at radius 3 is 2.77 bits per heavy atom. The van der Waals surface area contributed by atoms with Crippen LogP contribution in [0.3, 0.4) is 0 Å². The SMILES string of the molecule is CCC(C)C1NC(=O)CN(C)C1=O. The Morgan fingerprint density at radius 2 is 2.23 bits per heavy atom. The fourth-order valence-corrected chi connectivity index (χ4v) is 1.43. The Morgan fingerprint density at radius 1 is 1.62 bits per heavy atom. The lowest BCUT2D eigenvalue weighted by atomic mass is 9.96. The van der Waals surface area contributed by atoms with E-state index in [-0.39, 0.29) is 30.3 Å². The molecule has 0 spiro atoms. The van der Waals surface area contributed by atoms with Crippen LogP contribution in [0.5, 0.6) is 0 Å². The van der Waals surface area contributed by atoms with Crippen LogP contribution in [0, 0.1) is 5.92 Å². The van der Waals surface area contributed by atoms with E-state index >= 15 is 0 Å². The first kappa shape index (κ1) is 10.0. The van der Waals surface area contributed by atoms with Gasteiger partial charge in [0.05, 0.1) is 6.54 Å². The number of hydrogen-bond acceptors (Lipinski definition) is 2. The van der Waals surface area contributed by atoms with Gasteiger partial charge in [-0.25, -0.2) is 0 Å². The summed E-state index contributed by atoms with van der Waals surface area (Å²) in [5.41, 5.74) is 0. The highest BCUT2D eigenvalue weighted by molar-refractivity contribution is 5.94. The minimum absolute atomic E-state index is 0.0222. The van der Waals surface area contributed by atoms with Crippen molar-refractivity contribution in [3.8, 4) is 0 Å². The predicted molar refractivity (Wildman–Crippen MR) is 49.0 cm³/mol. The molecule has 4 nitrogen and oxygen atoms in total. The van der Waals surface area contributed by atoms with Crippen LogP contribution in [0.15, 0.2) is 0 Å². The topological polar surface area (TPSA) is 49.4 Å². The summed E-state index contributed by atoms with van der Waals surface area (Å²) in [6.07, 6.45) is 0.893. The Hall–Kier alpha value is -1.06. The van der Waals surface area contributed by atoms with Gasteiger partial charge < -0.3 is 10.2 Å². The zero-order valence-electron chi connectivity index (χ0n) is 8.33. The zero-order valence-corrected chi connectivity index (χ0v) is 8.33. The Balaban J connectivity index is 2.71. The summed E-state index contributed by atoms with van der Waals surface area (Å²) in [7, 11) is 1.66. The Kier molecular flexibility index (Phi) is 2.90. The molecule has 1 rings (SSSR count). The molecular weight excluding hydrogens is 168 g/mol. The van der Waals surface area contributed by atoms with Crippen molar-refractivity contribution in [3.05, 3.63) is 0 Å². The van der Waals surface area contributed by atoms with Crippen LogP contribution in [0.1, 0.15) is 20.3 Å². The standard InChI is InChI=1S/C9H16N2O2/c1-4-6(2)8-9(13)11(3)5-7(12)10-8/h6,8H,4-5H2,1-3H3,(H,10,12). The number of piperazine rings is 1. The number of likely N-dealkylation sites (N-methyl/N-ethyl adjacent to an activating group) is 1. The summed E-state index contributed by atoms with van der Waals surface area (Å²) in [6, 6.07) is -0.323. The van der Waals surface area contributed by atoms with E-state index in [0.29, 0.717) is 0 Å². The molecule has 4 heteroatoms. The molecule has 0 saturated carbocycles. The largest absolute Gasteiger partial charge is 0.342 e. The van der Waals surface area contributed by atoms with Crippen molar-refractivity contribution in [2.75, 3.05) is 13.6 Å². The van der Waals surface area contributed by atoms with Crippen molar-refractivity contribution in [2.24, 2.45) is 5.92 Å². The first-order chi connectivity index (χ1) is 6.06. The molecule has 0 radical (unpaired) electrons. The van der Waals surface area contributed by atoms with Gasteiger partial charge >= 0.3 is 0 Å². The van der Waals surface area contributed by atoms with Crippen LogP contribution in [0.2, 0.25) is 0 Å². The minimum Gasteiger partial charge on any atom is -0.342 e. The molecular formula is C9H16N2O2. The Labute approximate surface area is 78.3 Å². The predicted octanol–water partition coefficient (Wildman–Crippen LogP) is -0.0107. The second-order valence-electron chi connectivity index (χ2n) is 3.63. The van der Waals surface area contributed by atoms with Crippen molar-refractivity contribution in [2.45, 2.75) is 26.3 Å². The molecule has 2 atom stereocenters. The summed E-state index contributed by atoms with van der Waals surface area (Å²) in [6.45, 7) is 4.17. The molecule has 2 unspecified atom stereocenters. The molecule has 1 heterocycles. The van der Waals surface area contributed by atoms with Gasteiger partial charge in [-0.3, -0.25) is 9.59 Å². The van der Waals surface area contributed by atoms with Crippen molar-refractivity contribution in [3.63, 3.8) is 0 Å². The van der Waals surface area contributed by atoms with Gasteiger partial charge in [0.15, 0.2) is 0 Å². The maximum atomic E-state index is 11.6. The summed E-state index contributed by atoms with van der Waals surface area (Å²) >= 11 is 0. The minimum atomic E-state index is -0.323. The van der Waals surface area contributed by atoms with Crippen molar-refractivity contribution in [1.82, 2.24) is 10.2 Å². The molecule has 1 aliphatic heterocycles. The zero-order chi connectivity index (χ0) is 10.0. The Bertz CT molecular complexity index is 228. The second kappa shape index (κ2) is 3.77. The molecule has 0 aromatic carbocycles. The number of carbonyl (C=O) groups excluding carboxylic acids is 2. The van der Waals surface area contributed by atoms with E-state index in [1.807, 2.05) is 13.8 Å². The quantitative estimate of drug-likeness (QED) is 0.656. The van der Waals surface area contributed by atoms with E-state index in [9.17, 15) is 9.59 Å². The van der Waals surface area contributed by atoms with E-state index < -0.39 is 0 Å². The first-order valence-corrected chi connectivity index (χ1v) is 4.60. The average Bonchev–Trinajstić information content (AvgIpc) is 2.10. The first-order valence-electron chi connectivity index (χ1n) is 4.60. The molecule has 1 N–H and O–H groups in total. The van der Waals surface area contributed by atoms with E-state index in [1.54, 1.807) is 7.05 Å². The number of nitrogens with one attached hydrogen (secondary N) is 1. The number of carbonyl (C=O) groups is 2. The van der Waals surface area contributed by atoms with Crippen molar-refractivity contribution in [1.29, 1.82) is 0 Å². The number of hydrogen-bond donors (Lipinski definition) is 1.